The molecule has 0 aromatic heterocycles. The van der Waals surface area contributed by atoms with Crippen LogP contribution < -0.4 is 9.47 Å². The molecule has 0 amide bonds. The van der Waals surface area contributed by atoms with E-state index in [1.807, 2.05) is 0 Å². The van der Waals surface area contributed by atoms with Crippen molar-refractivity contribution in [2.45, 2.75) is 0 Å². The maximum absolute atomic E-state index is 6.35. The van der Waals surface area contributed by atoms with Crippen LogP contribution in [0.15, 0.2) is 40.3 Å². The minimum absolute atomic E-state index is 0.295. The van der Waals surface area contributed by atoms with Crippen molar-refractivity contribution in [3.8, 4) is 11.5 Å². The molecule has 0 aliphatic carbocycles. The molecule has 0 spiro atoms. The molecule has 0 saturated carbocycles. The molecule has 0 atom stereocenters. The van der Waals surface area contributed by atoms with E-state index in [9.17, 15) is 0 Å². The first-order valence-corrected chi connectivity index (χ1v) is 13.9. The third kappa shape index (κ3) is 5.28. The normalized spacial score (nSPS) is 11.0. The summed E-state index contributed by atoms with van der Waals surface area (Å²) in [5, 5.41) is 0.462. The number of halogens is 10. The van der Waals surface area contributed by atoms with Gasteiger partial charge in [0.15, 0.2) is 5.75 Å². The third-order valence-corrected chi connectivity index (χ3v) is 14.3. The van der Waals surface area contributed by atoms with Gasteiger partial charge in [0.1, 0.15) is 19.0 Å². The summed E-state index contributed by atoms with van der Waals surface area (Å²) in [6.45, 7) is 0.606. The molecule has 2 aromatic rings. The first-order chi connectivity index (χ1) is 12.1. The van der Waals surface area contributed by atoms with Crippen LogP contribution in [-0.2, 0) is 0 Å². The van der Waals surface area contributed by atoms with Crippen LogP contribution in [0.3, 0.4) is 0 Å². The highest BCUT2D eigenvalue weighted by Crippen LogP contribution is 2.50. The van der Waals surface area contributed by atoms with Gasteiger partial charge in [0.05, 0.1) is 36.3 Å². The van der Waals surface area contributed by atoms with Crippen LogP contribution >= 0.6 is 155 Å². The summed E-state index contributed by atoms with van der Waals surface area (Å²) in [6.07, 6.45) is 0. The fourth-order valence-corrected chi connectivity index (χ4v) is 7.62. The quantitative estimate of drug-likeness (QED) is 0.169. The Hall–Kier alpha value is 2.65. The predicted octanol–water partition coefficient (Wildman–Crippen LogP) is 10.7. The van der Waals surface area contributed by atoms with Gasteiger partial charge < -0.3 is 9.47 Å². The molecule has 142 valence electrons. The number of rotatable bonds is 5. The SMILES string of the molecule is Clc1c(Br)c(Br)c(Br)c(Br)c1OCCOc1c(Br)c(Br)c(Br)c(Br)c1Br. The summed E-state index contributed by atoms with van der Waals surface area (Å²) < 4.78 is 18.9. The molecule has 2 aromatic carbocycles. The lowest BCUT2D eigenvalue weighted by Crippen LogP contribution is -2.10. The van der Waals surface area contributed by atoms with E-state index >= 15 is 0 Å². The van der Waals surface area contributed by atoms with E-state index in [0.29, 0.717) is 38.7 Å². The minimum atomic E-state index is 0.295. The van der Waals surface area contributed by atoms with E-state index in [2.05, 4.69) is 143 Å². The van der Waals surface area contributed by atoms with Gasteiger partial charge in [0.2, 0.25) is 0 Å². The molecule has 0 N–H and O–H groups in total. The molecule has 2 nitrogen and oxygen atoms in total. The predicted molar refractivity (Wildman–Crippen MR) is 138 cm³/mol. The standard InChI is InChI=1S/C14H4Br9ClO2/c15-3-5(17)9(21)13(10(22)6(3)18)25-1-2-26-14-11(23)7(19)4(16)8(20)12(14)24/h1-2H2. The summed E-state index contributed by atoms with van der Waals surface area (Å²) in [4.78, 5) is 0. The fraction of sp³-hybridized carbons (Fsp3) is 0.143. The van der Waals surface area contributed by atoms with Gasteiger partial charge in [-0.05, 0) is 143 Å². The van der Waals surface area contributed by atoms with Gasteiger partial charge in [0.25, 0.3) is 0 Å². The Bertz CT molecular complexity index is 743. The zero-order valence-corrected chi connectivity index (χ0v) is 27.0. The number of hydrogen-bond acceptors (Lipinski definition) is 2. The van der Waals surface area contributed by atoms with E-state index in [0.717, 1.165) is 31.3 Å². The first-order valence-electron chi connectivity index (χ1n) is 6.38. The lowest BCUT2D eigenvalue weighted by Gasteiger charge is -2.17. The number of benzene rings is 2. The van der Waals surface area contributed by atoms with Gasteiger partial charge >= 0.3 is 0 Å². The summed E-state index contributed by atoms with van der Waals surface area (Å²) >= 11 is 37.8. The van der Waals surface area contributed by atoms with Crippen molar-refractivity contribution >= 4 is 155 Å². The van der Waals surface area contributed by atoms with Crippen molar-refractivity contribution in [3.05, 3.63) is 45.3 Å². The second-order valence-corrected chi connectivity index (χ2v) is 12.0. The average Bonchev–Trinajstić information content (AvgIpc) is 2.63. The van der Waals surface area contributed by atoms with Gasteiger partial charge in [-0.25, -0.2) is 0 Å². The molecular weight excluding hydrogens is 955 g/mol. The first kappa shape index (κ1) is 24.9. The van der Waals surface area contributed by atoms with Crippen LogP contribution in [0.5, 0.6) is 11.5 Å². The maximum atomic E-state index is 6.35. The van der Waals surface area contributed by atoms with Crippen molar-refractivity contribution in [3.63, 3.8) is 0 Å². The lowest BCUT2D eigenvalue weighted by molar-refractivity contribution is 0.214. The maximum Gasteiger partial charge on any atom is 0.154 e. The monoisotopic (exact) mass is 949 g/mol. The topological polar surface area (TPSA) is 18.5 Å². The van der Waals surface area contributed by atoms with Gasteiger partial charge in [0, 0.05) is 8.95 Å². The Morgan fingerprint density at radius 3 is 1.23 bits per heavy atom. The van der Waals surface area contributed by atoms with Crippen LogP contribution in [0, 0.1) is 0 Å². The zero-order chi connectivity index (χ0) is 19.8. The fourth-order valence-electron chi connectivity index (χ4n) is 1.71. The molecule has 26 heavy (non-hydrogen) atoms. The van der Waals surface area contributed by atoms with E-state index in [1.165, 1.54) is 0 Å². The Balaban J connectivity index is 2.14. The second kappa shape index (κ2) is 10.8. The van der Waals surface area contributed by atoms with Crippen molar-refractivity contribution in [2.75, 3.05) is 13.2 Å². The highest BCUT2D eigenvalue weighted by atomic mass is 79.9. The molecule has 2 rings (SSSR count). The van der Waals surface area contributed by atoms with Crippen LogP contribution in [0.2, 0.25) is 5.02 Å². The second-order valence-electron chi connectivity index (χ2n) is 4.49. The largest absolute Gasteiger partial charge is 0.488 e. The Morgan fingerprint density at radius 1 is 0.462 bits per heavy atom. The smallest absolute Gasteiger partial charge is 0.154 e. The molecule has 0 bridgehead atoms. The lowest BCUT2D eigenvalue weighted by atomic mass is 10.3. The van der Waals surface area contributed by atoms with Crippen LogP contribution in [-0.4, -0.2) is 13.2 Å². The molecule has 0 aliphatic rings. The Kier molecular flexibility index (Phi) is 10.3. The summed E-state index contributed by atoms with van der Waals surface area (Å²) in [5.41, 5.74) is 0. The summed E-state index contributed by atoms with van der Waals surface area (Å²) in [6, 6.07) is 0. The van der Waals surface area contributed by atoms with Crippen molar-refractivity contribution in [1.82, 2.24) is 0 Å². The molecule has 12 heteroatoms. The Morgan fingerprint density at radius 2 is 0.769 bits per heavy atom. The molecule has 0 aliphatic heterocycles. The van der Waals surface area contributed by atoms with Gasteiger partial charge in [-0.2, -0.15) is 0 Å². The molecule has 0 unspecified atom stereocenters. The van der Waals surface area contributed by atoms with Gasteiger partial charge in [-0.1, -0.05) is 11.6 Å². The van der Waals surface area contributed by atoms with E-state index in [1.54, 1.807) is 0 Å². The van der Waals surface area contributed by atoms with Crippen molar-refractivity contribution in [2.24, 2.45) is 0 Å². The summed E-state index contributed by atoms with van der Waals surface area (Å²) in [5.74, 6) is 1.17. The van der Waals surface area contributed by atoms with Gasteiger partial charge in [-0.3, -0.25) is 0 Å². The van der Waals surface area contributed by atoms with Crippen LogP contribution in [0.4, 0.5) is 0 Å². The number of hydrogen-bond donors (Lipinski definition) is 0. The van der Waals surface area contributed by atoms with Crippen LogP contribution in [0.1, 0.15) is 0 Å². The van der Waals surface area contributed by atoms with Crippen molar-refractivity contribution < 1.29 is 9.47 Å². The molecule has 0 heterocycles. The molecule has 0 fully saturated rings. The van der Waals surface area contributed by atoms with E-state index in [4.69, 9.17) is 21.1 Å². The highest BCUT2D eigenvalue weighted by molar-refractivity contribution is 9.16. The summed E-state index contributed by atoms with van der Waals surface area (Å²) in [7, 11) is 0. The minimum Gasteiger partial charge on any atom is -0.488 e. The molecule has 0 saturated heterocycles. The Labute approximate surface area is 231 Å². The van der Waals surface area contributed by atoms with Gasteiger partial charge in [-0.15, -0.1) is 0 Å². The zero-order valence-electron chi connectivity index (χ0n) is 12.0. The van der Waals surface area contributed by atoms with E-state index in [-0.39, 0.29) is 0 Å². The van der Waals surface area contributed by atoms with Crippen molar-refractivity contribution in [1.29, 1.82) is 0 Å². The van der Waals surface area contributed by atoms with E-state index < -0.39 is 0 Å². The number of ether oxygens (including phenoxy) is 2. The van der Waals surface area contributed by atoms with Crippen LogP contribution in [0.25, 0.3) is 0 Å². The molecular formula is C14H4Br9ClO2. The third-order valence-electron chi connectivity index (χ3n) is 2.92. The molecule has 0 radical (unpaired) electrons. The average molecular weight is 959 g/mol. The highest BCUT2D eigenvalue weighted by Gasteiger charge is 2.21.